The summed E-state index contributed by atoms with van der Waals surface area (Å²) in [5, 5.41) is 14.4. The molecule has 0 aliphatic carbocycles. The van der Waals surface area contributed by atoms with Crippen LogP contribution in [-0.4, -0.2) is 37.6 Å². The van der Waals surface area contributed by atoms with Crippen molar-refractivity contribution in [3.63, 3.8) is 0 Å². The van der Waals surface area contributed by atoms with Gasteiger partial charge in [0.05, 0.1) is 28.1 Å². The number of benzene rings is 2. The molecule has 0 atom stereocenters. The third-order valence-electron chi connectivity index (χ3n) is 6.49. The van der Waals surface area contributed by atoms with Crippen LogP contribution in [0.3, 0.4) is 0 Å². The standard InChI is InChI=1S/C29H20F6N4O3S/c1-15(2)39(26(40)19-9-8-18(28(30,31)32)12-20(19)29(33,34)35)22-14-23(43-25(22)27(41)42)17-6-4-16(5-7-17)21-13-24-36-10-3-11-38(24)37-21/h3-15H,1-2H3,(H,41,42). The Morgan fingerprint density at radius 1 is 0.930 bits per heavy atom. The lowest BCUT2D eigenvalue weighted by atomic mass is 10.0. The van der Waals surface area contributed by atoms with Crippen molar-refractivity contribution in [3.05, 3.63) is 94.6 Å². The number of carbonyl (C=O) groups excluding carboxylic acids is 1. The van der Waals surface area contributed by atoms with Crippen LogP contribution in [0, 0.1) is 0 Å². The number of fused-ring (bicyclic) bond motifs is 1. The monoisotopic (exact) mass is 618 g/mol. The molecule has 3 heterocycles. The molecule has 0 saturated heterocycles. The minimum atomic E-state index is -5.29. The number of alkyl halides is 6. The third-order valence-corrected chi connectivity index (χ3v) is 7.65. The summed E-state index contributed by atoms with van der Waals surface area (Å²) in [4.78, 5) is 30.9. The van der Waals surface area contributed by atoms with Crippen LogP contribution in [0.2, 0.25) is 0 Å². The van der Waals surface area contributed by atoms with E-state index in [4.69, 9.17) is 0 Å². The summed E-state index contributed by atoms with van der Waals surface area (Å²) in [6.07, 6.45) is -6.99. The predicted molar refractivity (Wildman–Crippen MR) is 147 cm³/mol. The first-order chi connectivity index (χ1) is 20.1. The van der Waals surface area contributed by atoms with E-state index in [1.165, 1.54) is 19.9 Å². The quantitative estimate of drug-likeness (QED) is 0.196. The third kappa shape index (κ3) is 5.82. The molecule has 222 valence electrons. The van der Waals surface area contributed by atoms with E-state index < -0.39 is 47.0 Å². The summed E-state index contributed by atoms with van der Waals surface area (Å²) in [5.74, 6) is -2.72. The Bertz CT molecular complexity index is 1810. The van der Waals surface area contributed by atoms with Gasteiger partial charge in [-0.25, -0.2) is 14.3 Å². The number of aromatic carboxylic acids is 1. The molecule has 2 aromatic carbocycles. The fraction of sp³-hybridized carbons (Fsp3) is 0.172. The number of carboxylic acid groups (broad SMARTS) is 1. The molecule has 3 aromatic heterocycles. The van der Waals surface area contributed by atoms with Gasteiger partial charge in [-0.1, -0.05) is 24.3 Å². The number of amides is 1. The lowest BCUT2D eigenvalue weighted by Crippen LogP contribution is -2.38. The average Bonchev–Trinajstić information content (AvgIpc) is 3.57. The van der Waals surface area contributed by atoms with Crippen molar-refractivity contribution in [1.29, 1.82) is 0 Å². The van der Waals surface area contributed by atoms with E-state index in [2.05, 4.69) is 10.1 Å². The SMILES string of the molecule is CC(C)N(C(=O)c1ccc(C(F)(F)F)cc1C(F)(F)F)c1cc(-c2ccc(-c3cc4ncccn4n3)cc2)sc1C(=O)O. The smallest absolute Gasteiger partial charge is 0.417 e. The summed E-state index contributed by atoms with van der Waals surface area (Å²) >= 11 is 0.806. The number of anilines is 1. The molecular weight excluding hydrogens is 598 g/mol. The van der Waals surface area contributed by atoms with Crippen LogP contribution in [0.25, 0.3) is 27.3 Å². The molecule has 0 bridgehead atoms. The Morgan fingerprint density at radius 3 is 2.19 bits per heavy atom. The molecule has 1 amide bonds. The van der Waals surface area contributed by atoms with Crippen molar-refractivity contribution in [2.75, 3.05) is 4.90 Å². The van der Waals surface area contributed by atoms with Gasteiger partial charge in [-0.05, 0) is 49.7 Å². The molecule has 0 unspecified atom stereocenters. The molecular formula is C29H20F6N4O3S. The normalized spacial score (nSPS) is 12.2. The number of hydrogen-bond acceptors (Lipinski definition) is 5. The van der Waals surface area contributed by atoms with Gasteiger partial charge < -0.3 is 10.0 Å². The second kappa shape index (κ2) is 10.8. The highest BCUT2D eigenvalue weighted by Gasteiger charge is 2.41. The first-order valence-electron chi connectivity index (χ1n) is 12.6. The molecule has 43 heavy (non-hydrogen) atoms. The Hall–Kier alpha value is -4.72. The maximum absolute atomic E-state index is 13.9. The highest BCUT2D eigenvalue weighted by atomic mass is 32.1. The van der Waals surface area contributed by atoms with Gasteiger partial charge in [0.2, 0.25) is 0 Å². The van der Waals surface area contributed by atoms with Crippen molar-refractivity contribution in [3.8, 4) is 21.7 Å². The van der Waals surface area contributed by atoms with Gasteiger partial charge in [0, 0.05) is 34.9 Å². The Balaban J connectivity index is 1.55. The fourth-order valence-electron chi connectivity index (χ4n) is 4.53. The van der Waals surface area contributed by atoms with E-state index in [9.17, 15) is 41.0 Å². The number of halogens is 6. The zero-order chi connectivity index (χ0) is 31.3. The molecule has 0 spiro atoms. The van der Waals surface area contributed by atoms with E-state index in [0.717, 1.165) is 21.8 Å². The molecule has 0 fully saturated rings. The van der Waals surface area contributed by atoms with Crippen molar-refractivity contribution in [2.45, 2.75) is 32.2 Å². The molecule has 0 aliphatic rings. The van der Waals surface area contributed by atoms with Crippen LogP contribution in [0.1, 0.15) is 45.0 Å². The highest BCUT2D eigenvalue weighted by molar-refractivity contribution is 7.18. The Kier molecular flexibility index (Phi) is 7.50. The summed E-state index contributed by atoms with van der Waals surface area (Å²) in [5.41, 5.74) is -1.99. The Morgan fingerprint density at radius 2 is 1.60 bits per heavy atom. The van der Waals surface area contributed by atoms with Gasteiger partial charge in [-0.2, -0.15) is 31.4 Å². The molecule has 5 rings (SSSR count). The van der Waals surface area contributed by atoms with Crippen molar-refractivity contribution in [2.24, 2.45) is 0 Å². The minimum Gasteiger partial charge on any atom is -0.477 e. The minimum absolute atomic E-state index is 0.121. The van der Waals surface area contributed by atoms with Crippen molar-refractivity contribution < 1.29 is 41.0 Å². The first kappa shape index (κ1) is 29.8. The molecule has 0 aliphatic heterocycles. The topological polar surface area (TPSA) is 87.8 Å². The van der Waals surface area contributed by atoms with Crippen molar-refractivity contribution in [1.82, 2.24) is 14.6 Å². The van der Waals surface area contributed by atoms with Gasteiger partial charge in [0.25, 0.3) is 5.91 Å². The zero-order valence-corrected chi connectivity index (χ0v) is 23.1. The average molecular weight is 619 g/mol. The lowest BCUT2D eigenvalue weighted by molar-refractivity contribution is -0.143. The summed E-state index contributed by atoms with van der Waals surface area (Å²) in [7, 11) is 0. The number of nitrogens with zero attached hydrogens (tertiary/aromatic N) is 4. The van der Waals surface area contributed by atoms with Crippen LogP contribution < -0.4 is 4.90 Å². The second-order valence-corrected chi connectivity index (χ2v) is 10.7. The summed E-state index contributed by atoms with van der Waals surface area (Å²) in [6.45, 7) is 2.91. The predicted octanol–water partition coefficient (Wildman–Crippen LogP) is 7.92. The number of carboxylic acids is 1. The number of rotatable bonds is 6. The van der Waals surface area contributed by atoms with E-state index >= 15 is 0 Å². The van der Waals surface area contributed by atoms with Gasteiger partial charge in [0.15, 0.2) is 5.65 Å². The zero-order valence-electron chi connectivity index (χ0n) is 22.2. The number of carbonyl (C=O) groups is 2. The maximum atomic E-state index is 13.9. The van der Waals surface area contributed by atoms with E-state index in [0.29, 0.717) is 33.9 Å². The molecule has 1 N–H and O–H groups in total. The lowest BCUT2D eigenvalue weighted by Gasteiger charge is -2.28. The number of aromatic nitrogens is 3. The number of hydrogen-bond donors (Lipinski definition) is 1. The highest BCUT2D eigenvalue weighted by Crippen LogP contribution is 2.41. The van der Waals surface area contributed by atoms with Crippen LogP contribution in [0.15, 0.2) is 73.1 Å². The largest absolute Gasteiger partial charge is 0.477 e. The molecule has 5 aromatic rings. The second-order valence-electron chi connectivity index (χ2n) is 9.68. The van der Waals surface area contributed by atoms with E-state index in [1.54, 1.807) is 53.3 Å². The van der Waals surface area contributed by atoms with E-state index in [1.807, 2.05) is 0 Å². The number of thiophene rings is 1. The summed E-state index contributed by atoms with van der Waals surface area (Å²) in [6, 6.07) is 11.7. The molecule has 0 radical (unpaired) electrons. The fourth-order valence-corrected chi connectivity index (χ4v) is 5.52. The summed E-state index contributed by atoms with van der Waals surface area (Å²) < 4.78 is 82.7. The van der Waals surface area contributed by atoms with Crippen LogP contribution in [0.4, 0.5) is 32.0 Å². The van der Waals surface area contributed by atoms with Gasteiger partial charge in [-0.15, -0.1) is 11.3 Å². The molecule has 0 saturated carbocycles. The van der Waals surface area contributed by atoms with Crippen molar-refractivity contribution >= 4 is 34.5 Å². The van der Waals surface area contributed by atoms with Crippen LogP contribution >= 0.6 is 11.3 Å². The van der Waals surface area contributed by atoms with E-state index in [-0.39, 0.29) is 16.6 Å². The Labute approximate surface area is 243 Å². The first-order valence-corrected chi connectivity index (χ1v) is 13.4. The van der Waals surface area contributed by atoms with Crippen LogP contribution in [0.5, 0.6) is 0 Å². The van der Waals surface area contributed by atoms with Gasteiger partial charge in [0.1, 0.15) is 4.88 Å². The van der Waals surface area contributed by atoms with Gasteiger partial charge in [-0.3, -0.25) is 4.79 Å². The van der Waals surface area contributed by atoms with Crippen LogP contribution in [-0.2, 0) is 12.4 Å². The van der Waals surface area contributed by atoms with Gasteiger partial charge >= 0.3 is 18.3 Å². The molecule has 7 nitrogen and oxygen atoms in total. The molecule has 14 heteroatoms. The maximum Gasteiger partial charge on any atom is 0.417 e.